The molecule has 3 N–H and O–H groups in total. The van der Waals surface area contributed by atoms with E-state index in [-0.39, 0.29) is 33.9 Å². The van der Waals surface area contributed by atoms with Gasteiger partial charge in [0, 0.05) is 23.8 Å². The van der Waals surface area contributed by atoms with Crippen LogP contribution in [0.25, 0.3) is 0 Å². The first kappa shape index (κ1) is 30.7. The van der Waals surface area contributed by atoms with Crippen LogP contribution >= 0.6 is 46.1 Å². The first-order chi connectivity index (χ1) is 18.4. The van der Waals surface area contributed by atoms with E-state index in [1.54, 1.807) is 12.1 Å². The van der Waals surface area contributed by atoms with Gasteiger partial charge in [-0.25, -0.2) is 4.98 Å². The maximum atomic E-state index is 13.3. The van der Waals surface area contributed by atoms with Gasteiger partial charge >= 0.3 is 0 Å². The van der Waals surface area contributed by atoms with E-state index in [1.165, 1.54) is 36.8 Å². The standard InChI is InChI=1S/C27H28Cl3N5O3S/c1-6-35(3,4)10-9-16(2)31-13-17-15-39-25(23(17)30)27(37)34-24-20(11-19(29)12-21(24)38-5)26(36)33-22-8-7-18(28)14-32-22/h7-8,11-12,14-16,31H,6,13H2,1-5H3,(H-,32,33,34,36,37)/p+1. The molecule has 8 nitrogen and oxygen atoms in total. The van der Waals surface area contributed by atoms with Crippen molar-refractivity contribution >= 4 is 69.5 Å². The predicted octanol–water partition coefficient (Wildman–Crippen LogP) is 6.15. The van der Waals surface area contributed by atoms with Crippen molar-refractivity contribution in [3.63, 3.8) is 0 Å². The number of thiophene rings is 1. The van der Waals surface area contributed by atoms with Crippen molar-refractivity contribution in [1.82, 2.24) is 10.3 Å². The quantitative estimate of drug-likeness (QED) is 0.200. The van der Waals surface area contributed by atoms with Gasteiger partial charge in [-0.05, 0) is 48.9 Å². The SMILES string of the molecule is CC[N+](C)(C)C#CC(C)NCc1csc(C(=O)Nc2c(OC)cc(Cl)cc2C(=O)Nc2ccc(Cl)cn2)c1Cl. The van der Waals surface area contributed by atoms with Gasteiger partial charge in [0.25, 0.3) is 11.8 Å². The van der Waals surface area contributed by atoms with Gasteiger partial charge in [-0.2, -0.15) is 0 Å². The molecule has 3 aromatic rings. The van der Waals surface area contributed by atoms with E-state index in [0.717, 1.165) is 12.1 Å². The third kappa shape index (κ3) is 8.32. The highest BCUT2D eigenvalue weighted by molar-refractivity contribution is 7.13. The Labute approximate surface area is 247 Å². The number of nitrogens with one attached hydrogen (secondary N) is 3. The highest BCUT2D eigenvalue weighted by atomic mass is 35.5. The normalized spacial score (nSPS) is 11.8. The van der Waals surface area contributed by atoms with E-state index >= 15 is 0 Å². The zero-order chi connectivity index (χ0) is 28.7. The van der Waals surface area contributed by atoms with Crippen molar-refractivity contribution in [1.29, 1.82) is 0 Å². The molecule has 2 aromatic heterocycles. The van der Waals surface area contributed by atoms with Crippen LogP contribution in [0.1, 0.15) is 39.4 Å². The number of rotatable bonds is 9. The van der Waals surface area contributed by atoms with Crippen LogP contribution in [-0.2, 0) is 6.54 Å². The second kappa shape index (κ2) is 13.5. The van der Waals surface area contributed by atoms with Crippen LogP contribution < -0.4 is 20.7 Å². The summed E-state index contributed by atoms with van der Waals surface area (Å²) in [5, 5.41) is 11.6. The fourth-order valence-electron chi connectivity index (χ4n) is 3.17. The van der Waals surface area contributed by atoms with Gasteiger partial charge in [-0.15, -0.1) is 11.3 Å². The zero-order valence-corrected chi connectivity index (χ0v) is 25.2. The number of quaternary nitrogens is 1. The summed E-state index contributed by atoms with van der Waals surface area (Å²) in [4.78, 5) is 30.8. The van der Waals surface area contributed by atoms with Crippen LogP contribution in [0.5, 0.6) is 5.75 Å². The Morgan fingerprint density at radius 3 is 2.51 bits per heavy atom. The fraction of sp³-hybridized carbons (Fsp3) is 0.296. The molecule has 0 saturated carbocycles. The molecule has 39 heavy (non-hydrogen) atoms. The molecule has 0 aliphatic heterocycles. The van der Waals surface area contributed by atoms with Gasteiger partial charge in [-0.1, -0.05) is 34.8 Å². The number of carbonyl (C=O) groups is 2. The summed E-state index contributed by atoms with van der Waals surface area (Å²) < 4.78 is 6.01. The van der Waals surface area contributed by atoms with Crippen LogP contribution in [0.15, 0.2) is 35.8 Å². The fourth-order valence-corrected chi connectivity index (χ4v) is 4.75. The highest BCUT2D eigenvalue weighted by Gasteiger charge is 2.23. The first-order valence-corrected chi connectivity index (χ1v) is 13.9. The summed E-state index contributed by atoms with van der Waals surface area (Å²) in [5.41, 5.74) is 0.988. The van der Waals surface area contributed by atoms with Crippen LogP contribution in [0.3, 0.4) is 0 Å². The number of carbonyl (C=O) groups excluding carboxylic acids is 2. The van der Waals surface area contributed by atoms with Crippen LogP contribution in [-0.4, -0.2) is 55.1 Å². The molecule has 0 fully saturated rings. The smallest absolute Gasteiger partial charge is 0.267 e. The highest BCUT2D eigenvalue weighted by Crippen LogP contribution is 2.35. The summed E-state index contributed by atoms with van der Waals surface area (Å²) in [7, 11) is 5.50. The molecule has 1 atom stereocenters. The van der Waals surface area contributed by atoms with Crippen LogP contribution in [0, 0.1) is 12.0 Å². The average Bonchev–Trinajstić information content (AvgIpc) is 3.28. The Balaban J connectivity index is 1.80. The molecule has 1 aromatic carbocycles. The molecule has 0 bridgehead atoms. The molecule has 1 unspecified atom stereocenters. The van der Waals surface area contributed by atoms with Crippen molar-refractivity contribution in [2.75, 3.05) is 38.4 Å². The van der Waals surface area contributed by atoms with Gasteiger partial charge in [0.15, 0.2) is 0 Å². The Hall–Kier alpha value is -2.84. The van der Waals surface area contributed by atoms with E-state index in [4.69, 9.17) is 39.5 Å². The van der Waals surface area contributed by atoms with Gasteiger partial charge in [-0.3, -0.25) is 19.4 Å². The Morgan fingerprint density at radius 2 is 1.87 bits per heavy atom. The minimum Gasteiger partial charge on any atom is -0.494 e. The summed E-state index contributed by atoms with van der Waals surface area (Å²) in [6.45, 7) is 5.38. The Kier molecular flexibility index (Phi) is 10.6. The second-order valence-corrected chi connectivity index (χ2v) is 11.2. The van der Waals surface area contributed by atoms with E-state index in [0.29, 0.717) is 26.0 Å². The lowest BCUT2D eigenvalue weighted by Gasteiger charge is -2.18. The predicted molar refractivity (Wildman–Crippen MR) is 159 cm³/mol. The van der Waals surface area contributed by atoms with E-state index < -0.39 is 11.8 Å². The molecular weight excluding hydrogens is 581 g/mol. The monoisotopic (exact) mass is 608 g/mol. The molecule has 2 amide bonds. The van der Waals surface area contributed by atoms with Gasteiger partial charge in [0.05, 0.1) is 55.1 Å². The van der Waals surface area contributed by atoms with E-state index in [2.05, 4.69) is 39.8 Å². The lowest BCUT2D eigenvalue weighted by molar-refractivity contribution is -0.820. The number of aromatic nitrogens is 1. The van der Waals surface area contributed by atoms with Gasteiger partial charge in [0.2, 0.25) is 0 Å². The number of anilines is 2. The van der Waals surface area contributed by atoms with Gasteiger partial charge < -0.3 is 15.4 Å². The van der Waals surface area contributed by atoms with Crippen LogP contribution in [0.2, 0.25) is 15.1 Å². The van der Waals surface area contributed by atoms with Crippen LogP contribution in [0.4, 0.5) is 11.5 Å². The van der Waals surface area contributed by atoms with E-state index in [1.807, 2.05) is 26.4 Å². The number of benzene rings is 1. The lowest BCUT2D eigenvalue weighted by atomic mass is 10.1. The average molecular weight is 610 g/mol. The van der Waals surface area contributed by atoms with Crippen molar-refractivity contribution in [3.05, 3.63) is 66.9 Å². The summed E-state index contributed by atoms with van der Waals surface area (Å²) in [6, 6.07) is 9.23. The first-order valence-electron chi connectivity index (χ1n) is 11.9. The minimum atomic E-state index is -0.553. The van der Waals surface area contributed by atoms with Crippen molar-refractivity contribution in [2.45, 2.75) is 26.4 Å². The topological polar surface area (TPSA) is 92.4 Å². The number of hydrogen-bond donors (Lipinski definition) is 3. The molecule has 2 heterocycles. The van der Waals surface area contributed by atoms with Crippen molar-refractivity contribution in [2.24, 2.45) is 0 Å². The van der Waals surface area contributed by atoms with E-state index in [9.17, 15) is 9.59 Å². The number of halogens is 3. The molecule has 0 saturated heterocycles. The number of pyridine rings is 1. The third-order valence-electron chi connectivity index (χ3n) is 5.72. The molecule has 0 radical (unpaired) electrons. The molecular formula is C27H29Cl3N5O3S+. The summed E-state index contributed by atoms with van der Waals surface area (Å²) >= 11 is 19.9. The van der Waals surface area contributed by atoms with Gasteiger partial charge in [0.1, 0.15) is 22.5 Å². The maximum Gasteiger partial charge on any atom is 0.267 e. The molecule has 206 valence electrons. The number of hydrogen-bond acceptors (Lipinski definition) is 6. The number of amides is 2. The third-order valence-corrected chi connectivity index (χ3v) is 7.73. The molecule has 0 aliphatic carbocycles. The Morgan fingerprint density at radius 1 is 1.13 bits per heavy atom. The molecule has 0 aliphatic rings. The number of nitrogens with zero attached hydrogens (tertiary/aromatic N) is 2. The summed E-state index contributed by atoms with van der Waals surface area (Å²) in [6.07, 6.45) is 1.40. The second-order valence-electron chi connectivity index (χ2n) is 9.06. The minimum absolute atomic E-state index is 0.0725. The number of ether oxygens (including phenoxy) is 1. The molecule has 0 spiro atoms. The maximum absolute atomic E-state index is 13.3. The molecule has 12 heteroatoms. The number of methoxy groups -OCH3 is 1. The largest absolute Gasteiger partial charge is 0.494 e. The summed E-state index contributed by atoms with van der Waals surface area (Å²) in [5.74, 6) is 2.63. The Bertz CT molecular complexity index is 1410. The van der Waals surface area contributed by atoms with Crippen molar-refractivity contribution < 1.29 is 18.8 Å². The molecule has 3 rings (SSSR count). The van der Waals surface area contributed by atoms with Crippen molar-refractivity contribution in [3.8, 4) is 17.7 Å². The zero-order valence-electron chi connectivity index (χ0n) is 22.1. The lowest BCUT2D eigenvalue weighted by Crippen LogP contribution is -2.34.